The van der Waals surface area contributed by atoms with Gasteiger partial charge in [0.1, 0.15) is 23.4 Å². The summed E-state index contributed by atoms with van der Waals surface area (Å²) in [4.78, 5) is 41.8. The molecule has 2 atom stereocenters. The van der Waals surface area contributed by atoms with Gasteiger partial charge in [0.15, 0.2) is 0 Å². The highest BCUT2D eigenvalue weighted by Crippen LogP contribution is 2.27. The molecule has 0 spiro atoms. The van der Waals surface area contributed by atoms with Crippen molar-refractivity contribution in [1.82, 2.24) is 10.2 Å². The van der Waals surface area contributed by atoms with Gasteiger partial charge in [-0.15, -0.1) is 0 Å². The van der Waals surface area contributed by atoms with Crippen LogP contribution in [-0.4, -0.2) is 58.1 Å². The summed E-state index contributed by atoms with van der Waals surface area (Å²) in [7, 11) is 0. The highest BCUT2D eigenvalue weighted by atomic mass is 32.2. The van der Waals surface area contributed by atoms with Crippen LogP contribution in [0.4, 0.5) is 10.5 Å². The lowest BCUT2D eigenvalue weighted by atomic mass is 10.0. The molecule has 2 rings (SSSR count). The first-order valence-electron chi connectivity index (χ1n) is 12.4. The van der Waals surface area contributed by atoms with E-state index >= 15 is 0 Å². The molecule has 202 valence electrons. The van der Waals surface area contributed by atoms with Crippen LogP contribution in [0.2, 0.25) is 0 Å². The van der Waals surface area contributed by atoms with E-state index in [1.165, 1.54) is 17.0 Å². The van der Waals surface area contributed by atoms with Gasteiger partial charge in [0.2, 0.25) is 5.91 Å². The first-order chi connectivity index (χ1) is 17.5. The Kier molecular flexibility index (Phi) is 11.3. The van der Waals surface area contributed by atoms with E-state index in [2.05, 4.69) is 10.6 Å². The molecule has 0 saturated heterocycles. The van der Waals surface area contributed by atoms with Crippen LogP contribution in [-0.2, 0) is 14.3 Å². The van der Waals surface area contributed by atoms with E-state index in [-0.39, 0.29) is 24.1 Å². The zero-order valence-electron chi connectivity index (χ0n) is 22.5. The van der Waals surface area contributed by atoms with Crippen LogP contribution >= 0.6 is 11.8 Å². The number of amides is 3. The highest BCUT2D eigenvalue weighted by Gasteiger charge is 2.36. The Morgan fingerprint density at radius 3 is 2.30 bits per heavy atom. The number of para-hydroxylation sites is 1. The Bertz CT molecular complexity index is 1050. The van der Waals surface area contributed by atoms with Gasteiger partial charge in [-0.05, 0) is 81.9 Å². The summed E-state index contributed by atoms with van der Waals surface area (Å²) in [6.07, 6.45) is 2.21. The van der Waals surface area contributed by atoms with Crippen LogP contribution in [0.25, 0.3) is 0 Å². The summed E-state index contributed by atoms with van der Waals surface area (Å²) >= 11 is 1.56. The number of nitrogens with zero attached hydrogens (tertiary/aromatic N) is 1. The first-order valence-corrected chi connectivity index (χ1v) is 13.8. The van der Waals surface area contributed by atoms with Gasteiger partial charge in [-0.2, -0.15) is 11.8 Å². The largest absolute Gasteiger partial charge is 0.508 e. The maximum absolute atomic E-state index is 14.0. The fourth-order valence-corrected chi connectivity index (χ4v) is 4.27. The van der Waals surface area contributed by atoms with Crippen molar-refractivity contribution in [2.75, 3.05) is 23.9 Å². The fraction of sp³-hybridized carbons (Fsp3) is 0.464. The van der Waals surface area contributed by atoms with Gasteiger partial charge in [0.25, 0.3) is 5.91 Å². The van der Waals surface area contributed by atoms with Crippen LogP contribution in [0, 0.1) is 6.92 Å². The number of carbonyl (C=O) groups is 3. The highest BCUT2D eigenvalue weighted by molar-refractivity contribution is 7.98. The number of carbonyl (C=O) groups excluding carboxylic acids is 3. The number of benzene rings is 2. The molecule has 0 bridgehead atoms. The van der Waals surface area contributed by atoms with Crippen LogP contribution in [0.15, 0.2) is 48.5 Å². The summed E-state index contributed by atoms with van der Waals surface area (Å²) in [5.74, 6) is -0.0760. The topological polar surface area (TPSA) is 108 Å². The Hall–Kier alpha value is -3.20. The molecule has 8 nitrogen and oxygen atoms in total. The number of alkyl carbamates (subject to hydrolysis) is 1. The van der Waals surface area contributed by atoms with Crippen molar-refractivity contribution in [3.8, 4) is 5.75 Å². The normalized spacial score (nSPS) is 12.8. The van der Waals surface area contributed by atoms with Gasteiger partial charge < -0.3 is 25.4 Å². The van der Waals surface area contributed by atoms with Gasteiger partial charge in [0.05, 0.1) is 0 Å². The van der Waals surface area contributed by atoms with Gasteiger partial charge in [-0.1, -0.05) is 37.3 Å². The van der Waals surface area contributed by atoms with E-state index in [9.17, 15) is 19.5 Å². The average Bonchev–Trinajstić information content (AvgIpc) is 2.82. The van der Waals surface area contributed by atoms with Crippen molar-refractivity contribution in [1.29, 1.82) is 0 Å². The SMILES string of the molecule is CCCN(C(=O)C(CCSC)NC(=O)OC(C)(C)C)C(C(=O)Nc1ccccc1C)c1ccc(O)cc1. The quantitative estimate of drug-likeness (QED) is 0.366. The molecule has 0 fully saturated rings. The van der Waals surface area contributed by atoms with Crippen molar-refractivity contribution < 1.29 is 24.2 Å². The van der Waals surface area contributed by atoms with E-state index in [4.69, 9.17) is 4.74 Å². The molecule has 37 heavy (non-hydrogen) atoms. The number of ether oxygens (including phenoxy) is 1. The Balaban J connectivity index is 2.47. The molecular weight excluding hydrogens is 490 g/mol. The molecule has 9 heteroatoms. The zero-order valence-corrected chi connectivity index (χ0v) is 23.4. The van der Waals surface area contributed by atoms with Crippen molar-refractivity contribution in [3.05, 3.63) is 59.7 Å². The maximum Gasteiger partial charge on any atom is 0.408 e. The fourth-order valence-electron chi connectivity index (χ4n) is 3.79. The molecule has 0 aliphatic carbocycles. The number of anilines is 1. The number of aryl methyl sites for hydroxylation is 1. The van der Waals surface area contributed by atoms with E-state index in [1.54, 1.807) is 50.7 Å². The van der Waals surface area contributed by atoms with Gasteiger partial charge in [-0.3, -0.25) is 9.59 Å². The smallest absolute Gasteiger partial charge is 0.408 e. The number of rotatable bonds is 11. The maximum atomic E-state index is 14.0. The number of hydrogen-bond donors (Lipinski definition) is 3. The zero-order chi connectivity index (χ0) is 27.6. The molecule has 0 heterocycles. The van der Waals surface area contributed by atoms with Gasteiger partial charge >= 0.3 is 6.09 Å². The lowest BCUT2D eigenvalue weighted by Crippen LogP contribution is -2.52. The minimum absolute atomic E-state index is 0.0552. The Morgan fingerprint density at radius 1 is 1.08 bits per heavy atom. The van der Waals surface area contributed by atoms with E-state index in [0.717, 1.165) is 5.56 Å². The van der Waals surface area contributed by atoms with Crippen molar-refractivity contribution in [2.45, 2.75) is 65.1 Å². The van der Waals surface area contributed by atoms with Crippen LogP contribution in [0.1, 0.15) is 57.7 Å². The van der Waals surface area contributed by atoms with Gasteiger partial charge in [-0.25, -0.2) is 4.79 Å². The second-order valence-corrected chi connectivity index (χ2v) is 10.8. The first kappa shape index (κ1) is 30.0. The molecular formula is C28H39N3O5S. The predicted molar refractivity (Wildman–Crippen MR) is 149 cm³/mol. The van der Waals surface area contributed by atoms with E-state index in [0.29, 0.717) is 29.8 Å². The third kappa shape index (κ3) is 9.31. The molecule has 2 unspecified atom stereocenters. The monoisotopic (exact) mass is 529 g/mol. The number of thioether (sulfide) groups is 1. The number of hydrogen-bond acceptors (Lipinski definition) is 6. The molecule has 0 aromatic heterocycles. The predicted octanol–water partition coefficient (Wildman–Crippen LogP) is 5.27. The molecule has 0 aliphatic rings. The molecule has 2 aromatic carbocycles. The average molecular weight is 530 g/mol. The Labute approximate surface area is 224 Å². The van der Waals surface area contributed by atoms with Crippen LogP contribution in [0.5, 0.6) is 5.75 Å². The summed E-state index contributed by atoms with van der Waals surface area (Å²) < 4.78 is 5.40. The van der Waals surface area contributed by atoms with Crippen LogP contribution < -0.4 is 10.6 Å². The van der Waals surface area contributed by atoms with Crippen molar-refractivity contribution in [3.63, 3.8) is 0 Å². The third-order valence-electron chi connectivity index (χ3n) is 5.52. The standard InChI is InChI=1S/C28H39N3O5S/c1-7-17-31(26(34)23(16-18-37-6)30-27(35)36-28(3,4)5)24(20-12-14-21(32)15-13-20)25(33)29-22-11-9-8-10-19(22)2/h8-15,23-24,32H,7,16-18H2,1-6H3,(H,29,33)(H,30,35). The molecule has 2 aromatic rings. The summed E-state index contributed by atoms with van der Waals surface area (Å²) in [6.45, 7) is 9.37. The number of phenolic OH excluding ortho intramolecular Hbond substituents is 1. The Morgan fingerprint density at radius 2 is 1.73 bits per heavy atom. The van der Waals surface area contributed by atoms with E-state index < -0.39 is 23.8 Å². The molecule has 3 amide bonds. The second kappa shape index (κ2) is 13.9. The van der Waals surface area contributed by atoms with Crippen LogP contribution in [0.3, 0.4) is 0 Å². The number of aromatic hydroxyl groups is 1. The minimum atomic E-state index is -0.982. The third-order valence-corrected chi connectivity index (χ3v) is 6.16. The summed E-state index contributed by atoms with van der Waals surface area (Å²) in [5.41, 5.74) is 1.36. The van der Waals surface area contributed by atoms with Crippen molar-refractivity contribution >= 4 is 35.4 Å². The molecule has 0 radical (unpaired) electrons. The van der Waals surface area contributed by atoms with Crippen molar-refractivity contribution in [2.24, 2.45) is 0 Å². The lowest BCUT2D eigenvalue weighted by Gasteiger charge is -2.34. The minimum Gasteiger partial charge on any atom is -0.508 e. The molecule has 0 saturated carbocycles. The number of nitrogens with one attached hydrogen (secondary N) is 2. The van der Waals surface area contributed by atoms with E-state index in [1.807, 2.05) is 38.3 Å². The number of phenols is 1. The summed E-state index contributed by atoms with van der Waals surface area (Å²) in [6, 6.07) is 11.8. The second-order valence-electron chi connectivity index (χ2n) is 9.81. The molecule has 0 aliphatic heterocycles. The van der Waals surface area contributed by atoms with Gasteiger partial charge in [0, 0.05) is 12.2 Å². The summed E-state index contributed by atoms with van der Waals surface area (Å²) in [5, 5.41) is 15.5. The lowest BCUT2D eigenvalue weighted by molar-refractivity contribution is -0.140. The molecule has 3 N–H and O–H groups in total.